The van der Waals surface area contributed by atoms with E-state index in [4.69, 9.17) is 4.42 Å². The molecule has 0 radical (unpaired) electrons. The Morgan fingerprint density at radius 3 is 2.95 bits per heavy atom. The van der Waals surface area contributed by atoms with Crippen LogP contribution in [0.25, 0.3) is 11.3 Å². The average molecular weight is 253 g/mol. The van der Waals surface area contributed by atoms with E-state index in [-0.39, 0.29) is 0 Å². The van der Waals surface area contributed by atoms with Gasteiger partial charge in [0.2, 0.25) is 0 Å². The van der Waals surface area contributed by atoms with Crippen molar-refractivity contribution in [2.45, 2.75) is 13.5 Å². The number of furan rings is 1. The first-order valence-corrected chi connectivity index (χ1v) is 6.19. The molecule has 0 bridgehead atoms. The van der Waals surface area contributed by atoms with E-state index in [0.29, 0.717) is 6.54 Å². The summed E-state index contributed by atoms with van der Waals surface area (Å²) in [5.41, 5.74) is 4.34. The summed E-state index contributed by atoms with van der Waals surface area (Å²) in [5, 5.41) is 10.3. The van der Waals surface area contributed by atoms with E-state index in [1.807, 2.05) is 31.2 Å². The molecular weight excluding hydrogens is 238 g/mol. The number of rotatable bonds is 4. The Morgan fingerprint density at radius 1 is 1.26 bits per heavy atom. The van der Waals surface area contributed by atoms with Gasteiger partial charge in [-0.25, -0.2) is 0 Å². The summed E-state index contributed by atoms with van der Waals surface area (Å²) in [5.74, 6) is 0.965. The second-order valence-electron chi connectivity index (χ2n) is 4.43. The van der Waals surface area contributed by atoms with Crippen LogP contribution < -0.4 is 5.32 Å². The average Bonchev–Trinajstić information content (AvgIpc) is 3.08. The summed E-state index contributed by atoms with van der Waals surface area (Å²) in [6.45, 7) is 2.73. The van der Waals surface area contributed by atoms with E-state index >= 15 is 0 Å². The maximum absolute atomic E-state index is 5.41. The second kappa shape index (κ2) is 5.02. The molecule has 3 aromatic rings. The van der Waals surface area contributed by atoms with Crippen molar-refractivity contribution < 1.29 is 4.42 Å². The summed E-state index contributed by atoms with van der Waals surface area (Å²) in [7, 11) is 0. The number of H-pyrrole nitrogens is 1. The van der Waals surface area contributed by atoms with Gasteiger partial charge in [0.1, 0.15) is 5.76 Å². The van der Waals surface area contributed by atoms with Gasteiger partial charge in [-0.3, -0.25) is 5.10 Å². The molecule has 0 atom stereocenters. The van der Waals surface area contributed by atoms with E-state index < -0.39 is 0 Å². The van der Waals surface area contributed by atoms with Crippen LogP contribution in [0, 0.1) is 6.92 Å². The van der Waals surface area contributed by atoms with Crippen molar-refractivity contribution in [3.8, 4) is 11.3 Å². The van der Waals surface area contributed by atoms with Gasteiger partial charge >= 0.3 is 0 Å². The molecule has 0 fully saturated rings. The predicted octanol–water partition coefficient (Wildman–Crippen LogP) is 3.59. The highest BCUT2D eigenvalue weighted by atomic mass is 16.3. The van der Waals surface area contributed by atoms with Crippen LogP contribution in [0.5, 0.6) is 0 Å². The topological polar surface area (TPSA) is 53.9 Å². The fraction of sp³-hybridized carbons (Fsp3) is 0.133. The van der Waals surface area contributed by atoms with Gasteiger partial charge in [0.15, 0.2) is 0 Å². The Morgan fingerprint density at radius 2 is 2.21 bits per heavy atom. The van der Waals surface area contributed by atoms with Gasteiger partial charge in [0.25, 0.3) is 0 Å². The van der Waals surface area contributed by atoms with Crippen molar-refractivity contribution >= 4 is 5.69 Å². The van der Waals surface area contributed by atoms with Crippen molar-refractivity contribution in [1.29, 1.82) is 0 Å². The van der Waals surface area contributed by atoms with E-state index in [2.05, 4.69) is 27.6 Å². The molecule has 3 rings (SSSR count). The van der Waals surface area contributed by atoms with Crippen LogP contribution in [0.3, 0.4) is 0 Å². The predicted molar refractivity (Wildman–Crippen MR) is 74.8 cm³/mol. The molecule has 0 aliphatic heterocycles. The molecule has 0 saturated heterocycles. The lowest BCUT2D eigenvalue weighted by molar-refractivity contribution is 0.515. The molecule has 0 aliphatic rings. The Kier molecular flexibility index (Phi) is 3.06. The number of nitrogens with zero attached hydrogens (tertiary/aromatic N) is 1. The number of aryl methyl sites for hydroxylation is 1. The minimum absolute atomic E-state index is 0.686. The number of aromatic amines is 1. The Labute approximate surface area is 111 Å². The Balaban J connectivity index is 1.75. The molecule has 0 unspecified atom stereocenters. The molecule has 0 amide bonds. The highest BCUT2D eigenvalue weighted by Gasteiger charge is 2.03. The van der Waals surface area contributed by atoms with Crippen LogP contribution >= 0.6 is 0 Å². The summed E-state index contributed by atoms with van der Waals surface area (Å²) in [6, 6.07) is 12.1. The van der Waals surface area contributed by atoms with Crippen molar-refractivity contribution in [1.82, 2.24) is 10.2 Å². The molecule has 2 aromatic heterocycles. The van der Waals surface area contributed by atoms with Crippen molar-refractivity contribution in [3.05, 3.63) is 60.2 Å². The van der Waals surface area contributed by atoms with Gasteiger partial charge in [-0.05, 0) is 36.8 Å². The molecule has 2 N–H and O–H groups in total. The number of aromatic nitrogens is 2. The zero-order valence-corrected chi connectivity index (χ0v) is 10.7. The van der Waals surface area contributed by atoms with Crippen LogP contribution in [0.15, 0.2) is 53.3 Å². The minimum Gasteiger partial charge on any atom is -0.467 e. The summed E-state index contributed by atoms with van der Waals surface area (Å²) in [4.78, 5) is 0. The molecule has 0 aliphatic carbocycles. The van der Waals surface area contributed by atoms with Gasteiger partial charge in [-0.1, -0.05) is 12.1 Å². The Hall–Kier alpha value is -2.49. The molecule has 96 valence electrons. The van der Waals surface area contributed by atoms with Crippen LogP contribution in [0.1, 0.15) is 11.3 Å². The monoisotopic (exact) mass is 253 g/mol. The first-order chi connectivity index (χ1) is 9.33. The maximum Gasteiger partial charge on any atom is 0.125 e. The molecule has 4 nitrogen and oxygen atoms in total. The van der Waals surface area contributed by atoms with E-state index in [1.165, 1.54) is 0 Å². The van der Waals surface area contributed by atoms with E-state index in [0.717, 1.165) is 28.3 Å². The molecule has 0 spiro atoms. The molecule has 1 aromatic carbocycles. The number of hydrogen-bond acceptors (Lipinski definition) is 3. The normalized spacial score (nSPS) is 10.6. The van der Waals surface area contributed by atoms with Gasteiger partial charge in [-0.15, -0.1) is 0 Å². The number of nitrogens with one attached hydrogen (secondary N) is 2. The van der Waals surface area contributed by atoms with Crippen molar-refractivity contribution in [2.75, 3.05) is 5.32 Å². The van der Waals surface area contributed by atoms with Crippen molar-refractivity contribution in [3.63, 3.8) is 0 Å². The third kappa shape index (κ3) is 2.52. The number of hydrogen-bond donors (Lipinski definition) is 2. The van der Waals surface area contributed by atoms with Crippen LogP contribution in [0.4, 0.5) is 5.69 Å². The third-order valence-corrected chi connectivity index (χ3v) is 3.10. The van der Waals surface area contributed by atoms with Crippen LogP contribution in [-0.2, 0) is 6.54 Å². The van der Waals surface area contributed by atoms with Crippen LogP contribution in [0.2, 0.25) is 0 Å². The van der Waals surface area contributed by atoms with Gasteiger partial charge < -0.3 is 9.73 Å². The summed E-state index contributed by atoms with van der Waals surface area (Å²) < 4.78 is 5.41. The highest BCUT2D eigenvalue weighted by Crippen LogP contribution is 2.21. The first kappa shape index (κ1) is 11.6. The second-order valence-corrected chi connectivity index (χ2v) is 4.43. The lowest BCUT2D eigenvalue weighted by Crippen LogP contribution is -1.99. The maximum atomic E-state index is 5.41. The standard InChI is InChI=1S/C15H15N3O/c1-11-6-8-19-15(11)10-16-13-4-2-3-12(9-13)14-5-7-17-18-14/h2-9,16H,10H2,1H3,(H,17,18). The zero-order valence-electron chi connectivity index (χ0n) is 10.7. The lowest BCUT2D eigenvalue weighted by atomic mass is 10.1. The summed E-state index contributed by atoms with van der Waals surface area (Å²) in [6.07, 6.45) is 3.47. The van der Waals surface area contributed by atoms with Gasteiger partial charge in [0.05, 0.1) is 18.5 Å². The SMILES string of the molecule is Cc1ccoc1CNc1cccc(-c2ccn[nH]2)c1. The fourth-order valence-electron chi connectivity index (χ4n) is 1.98. The molecule has 19 heavy (non-hydrogen) atoms. The van der Waals surface area contributed by atoms with E-state index in [1.54, 1.807) is 12.5 Å². The van der Waals surface area contributed by atoms with Gasteiger partial charge in [0, 0.05) is 17.4 Å². The zero-order chi connectivity index (χ0) is 13.1. The summed E-state index contributed by atoms with van der Waals surface area (Å²) >= 11 is 0. The first-order valence-electron chi connectivity index (χ1n) is 6.19. The third-order valence-electron chi connectivity index (χ3n) is 3.10. The van der Waals surface area contributed by atoms with Crippen molar-refractivity contribution in [2.24, 2.45) is 0 Å². The lowest BCUT2D eigenvalue weighted by Gasteiger charge is -2.07. The Bertz CT molecular complexity index is 656. The molecule has 4 heteroatoms. The highest BCUT2D eigenvalue weighted by molar-refractivity contribution is 5.64. The van der Waals surface area contributed by atoms with Crippen LogP contribution in [-0.4, -0.2) is 10.2 Å². The van der Waals surface area contributed by atoms with E-state index in [9.17, 15) is 0 Å². The largest absolute Gasteiger partial charge is 0.467 e. The smallest absolute Gasteiger partial charge is 0.125 e. The fourth-order valence-corrected chi connectivity index (χ4v) is 1.98. The van der Waals surface area contributed by atoms with Gasteiger partial charge in [-0.2, -0.15) is 5.10 Å². The number of benzene rings is 1. The number of anilines is 1. The quantitative estimate of drug-likeness (QED) is 0.747. The molecule has 0 saturated carbocycles. The minimum atomic E-state index is 0.686. The molecular formula is C15H15N3O. The molecule has 2 heterocycles.